The van der Waals surface area contributed by atoms with E-state index in [1.165, 1.54) is 4.90 Å². The van der Waals surface area contributed by atoms with Gasteiger partial charge in [0.15, 0.2) is 0 Å². The van der Waals surface area contributed by atoms with Crippen molar-refractivity contribution in [1.82, 2.24) is 15.1 Å². The molecule has 1 unspecified atom stereocenters. The van der Waals surface area contributed by atoms with Crippen LogP contribution in [0.25, 0.3) is 0 Å². The minimum Gasteiger partial charge on any atom is -0.316 e. The second-order valence-electron chi connectivity index (χ2n) is 4.44. The molecule has 0 aliphatic carbocycles. The Kier molecular flexibility index (Phi) is 5.31. The highest BCUT2D eigenvalue weighted by Gasteiger charge is 2.09. The normalized spacial score (nSPS) is 12.6. The van der Waals surface area contributed by atoms with Gasteiger partial charge in [0.25, 0.3) is 0 Å². The average molecular weight is 296 g/mol. The summed E-state index contributed by atoms with van der Waals surface area (Å²) >= 11 is 7.71. The predicted octanol–water partition coefficient (Wildman–Crippen LogP) is 3.00. The standard InChI is InChI=1S/C14H18ClN3S/c1-16-13(9-12-7-8-18(2)17-12)10-19-14-5-3-11(15)4-6-14/h3-8,13,16H,9-10H2,1-2H3. The van der Waals surface area contributed by atoms with Gasteiger partial charge in [0.05, 0.1) is 5.69 Å². The quantitative estimate of drug-likeness (QED) is 0.831. The maximum Gasteiger partial charge on any atom is 0.0640 e. The number of aryl methyl sites for hydroxylation is 1. The van der Waals surface area contributed by atoms with Crippen molar-refractivity contribution in [2.75, 3.05) is 12.8 Å². The van der Waals surface area contributed by atoms with Gasteiger partial charge in [0, 0.05) is 41.4 Å². The fourth-order valence-corrected chi connectivity index (χ4v) is 2.93. The summed E-state index contributed by atoms with van der Waals surface area (Å²) in [5, 5.41) is 8.54. The predicted molar refractivity (Wildman–Crippen MR) is 81.9 cm³/mol. The van der Waals surface area contributed by atoms with Crippen molar-refractivity contribution in [3.63, 3.8) is 0 Å². The Labute approximate surface area is 123 Å². The Balaban J connectivity index is 1.87. The van der Waals surface area contributed by atoms with Crippen LogP contribution < -0.4 is 5.32 Å². The summed E-state index contributed by atoms with van der Waals surface area (Å²) in [6.45, 7) is 0. The van der Waals surface area contributed by atoms with Crippen molar-refractivity contribution < 1.29 is 0 Å². The molecular weight excluding hydrogens is 278 g/mol. The molecule has 1 N–H and O–H groups in total. The third-order valence-electron chi connectivity index (χ3n) is 2.90. The van der Waals surface area contributed by atoms with Gasteiger partial charge in [0.2, 0.25) is 0 Å². The van der Waals surface area contributed by atoms with Crippen LogP contribution in [0.1, 0.15) is 5.69 Å². The Hall–Kier alpha value is -0.970. The van der Waals surface area contributed by atoms with Gasteiger partial charge in [0.1, 0.15) is 0 Å². The van der Waals surface area contributed by atoms with Gasteiger partial charge in [-0.1, -0.05) is 11.6 Å². The third-order valence-corrected chi connectivity index (χ3v) is 4.32. The van der Waals surface area contributed by atoms with Crippen molar-refractivity contribution in [2.45, 2.75) is 17.4 Å². The van der Waals surface area contributed by atoms with E-state index in [2.05, 4.69) is 28.6 Å². The molecule has 3 nitrogen and oxygen atoms in total. The number of benzene rings is 1. The Morgan fingerprint density at radius 3 is 2.63 bits per heavy atom. The molecule has 0 saturated carbocycles. The van der Waals surface area contributed by atoms with Crippen LogP contribution in [-0.2, 0) is 13.5 Å². The molecule has 5 heteroatoms. The lowest BCUT2D eigenvalue weighted by molar-refractivity contribution is 0.600. The number of likely N-dealkylation sites (N-methyl/N-ethyl adjacent to an activating group) is 1. The smallest absolute Gasteiger partial charge is 0.0640 e. The SMILES string of the molecule is CNC(CSc1ccc(Cl)cc1)Cc1ccn(C)n1. The fourth-order valence-electron chi connectivity index (χ4n) is 1.80. The van der Waals surface area contributed by atoms with Crippen LogP contribution >= 0.6 is 23.4 Å². The van der Waals surface area contributed by atoms with Crippen LogP contribution in [0.2, 0.25) is 5.02 Å². The fraction of sp³-hybridized carbons (Fsp3) is 0.357. The summed E-state index contributed by atoms with van der Waals surface area (Å²) in [4.78, 5) is 1.24. The molecule has 2 aromatic rings. The van der Waals surface area contributed by atoms with Gasteiger partial charge in [-0.3, -0.25) is 4.68 Å². The van der Waals surface area contributed by atoms with Gasteiger partial charge in [-0.25, -0.2) is 0 Å². The Morgan fingerprint density at radius 1 is 1.32 bits per heavy atom. The molecule has 0 aliphatic rings. The number of hydrogen-bond donors (Lipinski definition) is 1. The summed E-state index contributed by atoms with van der Waals surface area (Å²) in [5.41, 5.74) is 1.12. The van der Waals surface area contributed by atoms with Gasteiger partial charge in [-0.15, -0.1) is 11.8 Å². The maximum atomic E-state index is 5.88. The highest BCUT2D eigenvalue weighted by molar-refractivity contribution is 7.99. The molecule has 102 valence electrons. The summed E-state index contributed by atoms with van der Waals surface area (Å²) in [6, 6.07) is 10.4. The second-order valence-corrected chi connectivity index (χ2v) is 5.97. The lowest BCUT2D eigenvalue weighted by atomic mass is 10.2. The highest BCUT2D eigenvalue weighted by atomic mass is 35.5. The maximum absolute atomic E-state index is 5.88. The van der Waals surface area contributed by atoms with E-state index in [-0.39, 0.29) is 0 Å². The van der Waals surface area contributed by atoms with Crippen LogP contribution in [0.15, 0.2) is 41.4 Å². The van der Waals surface area contributed by atoms with E-state index in [0.717, 1.165) is 22.9 Å². The summed E-state index contributed by atoms with van der Waals surface area (Å²) in [7, 11) is 3.94. The molecule has 0 radical (unpaired) electrons. The van der Waals surface area contributed by atoms with Crippen molar-refractivity contribution in [2.24, 2.45) is 7.05 Å². The zero-order valence-corrected chi connectivity index (χ0v) is 12.7. The first-order valence-corrected chi connectivity index (χ1v) is 7.58. The molecule has 0 amide bonds. The Bertz CT molecular complexity index is 510. The molecule has 1 aromatic carbocycles. The number of nitrogens with zero attached hydrogens (tertiary/aromatic N) is 2. The third kappa shape index (κ3) is 4.56. The van der Waals surface area contributed by atoms with Crippen LogP contribution in [0.4, 0.5) is 0 Å². The first-order chi connectivity index (χ1) is 9.17. The molecule has 1 aromatic heterocycles. The van der Waals surface area contributed by atoms with E-state index in [0.29, 0.717) is 6.04 Å². The van der Waals surface area contributed by atoms with E-state index in [1.54, 1.807) is 0 Å². The molecule has 19 heavy (non-hydrogen) atoms. The van der Waals surface area contributed by atoms with E-state index >= 15 is 0 Å². The van der Waals surface area contributed by atoms with Crippen molar-refractivity contribution in [3.05, 3.63) is 47.2 Å². The molecule has 0 aliphatic heterocycles. The lowest BCUT2D eigenvalue weighted by Crippen LogP contribution is -2.30. The summed E-state index contributed by atoms with van der Waals surface area (Å²) in [5.74, 6) is 1.01. The van der Waals surface area contributed by atoms with Crippen LogP contribution in [0.3, 0.4) is 0 Å². The molecule has 1 heterocycles. The Morgan fingerprint density at radius 2 is 2.05 bits per heavy atom. The van der Waals surface area contributed by atoms with Crippen LogP contribution in [0.5, 0.6) is 0 Å². The second kappa shape index (κ2) is 6.98. The monoisotopic (exact) mass is 295 g/mol. The van der Waals surface area contributed by atoms with Crippen molar-refractivity contribution in [1.29, 1.82) is 0 Å². The van der Waals surface area contributed by atoms with Gasteiger partial charge in [-0.05, 0) is 37.4 Å². The van der Waals surface area contributed by atoms with Gasteiger partial charge in [-0.2, -0.15) is 5.10 Å². The first-order valence-electron chi connectivity index (χ1n) is 6.21. The molecule has 0 fully saturated rings. The van der Waals surface area contributed by atoms with Crippen LogP contribution in [-0.4, -0.2) is 28.6 Å². The number of halogens is 1. The van der Waals surface area contributed by atoms with E-state index < -0.39 is 0 Å². The largest absolute Gasteiger partial charge is 0.316 e. The van der Waals surface area contributed by atoms with E-state index in [1.807, 2.05) is 48.9 Å². The molecule has 1 atom stereocenters. The zero-order valence-electron chi connectivity index (χ0n) is 11.1. The van der Waals surface area contributed by atoms with Crippen molar-refractivity contribution in [3.8, 4) is 0 Å². The first kappa shape index (κ1) is 14.4. The van der Waals surface area contributed by atoms with Crippen molar-refractivity contribution >= 4 is 23.4 Å². The molecule has 0 bridgehead atoms. The number of hydrogen-bond acceptors (Lipinski definition) is 3. The topological polar surface area (TPSA) is 29.9 Å². The minimum atomic E-state index is 0.413. The molecule has 2 rings (SSSR count). The molecule has 0 spiro atoms. The number of nitrogens with one attached hydrogen (secondary N) is 1. The zero-order chi connectivity index (χ0) is 13.7. The minimum absolute atomic E-state index is 0.413. The molecular formula is C14H18ClN3S. The number of thioether (sulfide) groups is 1. The molecule has 0 saturated heterocycles. The summed E-state index contributed by atoms with van der Waals surface area (Å²) < 4.78 is 1.84. The lowest BCUT2D eigenvalue weighted by Gasteiger charge is -2.14. The van der Waals surface area contributed by atoms with Gasteiger partial charge >= 0.3 is 0 Å². The number of rotatable bonds is 6. The van der Waals surface area contributed by atoms with E-state index in [9.17, 15) is 0 Å². The van der Waals surface area contributed by atoms with Gasteiger partial charge < -0.3 is 5.32 Å². The van der Waals surface area contributed by atoms with E-state index in [4.69, 9.17) is 11.6 Å². The summed E-state index contributed by atoms with van der Waals surface area (Å²) in [6.07, 6.45) is 2.92. The number of aromatic nitrogens is 2. The average Bonchev–Trinajstić information content (AvgIpc) is 2.82. The van der Waals surface area contributed by atoms with Crippen LogP contribution in [0, 0.1) is 0 Å². The highest BCUT2D eigenvalue weighted by Crippen LogP contribution is 2.21.